The molecule has 0 atom stereocenters. The molecule has 2 aromatic carbocycles. The zero-order chi connectivity index (χ0) is 17.1. The molecule has 0 fully saturated rings. The van der Waals surface area contributed by atoms with E-state index in [-0.39, 0.29) is 5.56 Å². The number of hydrogen-bond donors (Lipinski definition) is 1. The van der Waals surface area contributed by atoms with E-state index in [2.05, 4.69) is 9.97 Å². The van der Waals surface area contributed by atoms with Gasteiger partial charge in [-0.3, -0.25) is 4.79 Å². The zero-order valence-electron chi connectivity index (χ0n) is 13.8. The smallest absolute Gasteiger partial charge is 0.259 e. The quantitative estimate of drug-likeness (QED) is 0.780. The summed E-state index contributed by atoms with van der Waals surface area (Å²) in [5.74, 6) is 2.00. The van der Waals surface area contributed by atoms with Crippen LogP contribution < -0.4 is 19.8 Å². The van der Waals surface area contributed by atoms with Crippen molar-refractivity contribution in [2.75, 3.05) is 20.8 Å². The molecule has 0 bridgehead atoms. The van der Waals surface area contributed by atoms with Gasteiger partial charge in [-0.05, 0) is 31.2 Å². The van der Waals surface area contributed by atoms with Gasteiger partial charge in [0.05, 0.1) is 31.7 Å². The molecule has 0 aliphatic heterocycles. The molecular formula is C18H18N2O4. The SMILES string of the molecule is CCOc1c(OC)cc(-c2nc3ccccc3c(=O)[nH]2)cc1OC. The predicted molar refractivity (Wildman–Crippen MR) is 92.1 cm³/mol. The molecule has 0 amide bonds. The van der Waals surface area contributed by atoms with Crippen LogP contribution in [0.4, 0.5) is 0 Å². The molecule has 24 heavy (non-hydrogen) atoms. The highest BCUT2D eigenvalue weighted by Gasteiger charge is 2.16. The van der Waals surface area contributed by atoms with Gasteiger partial charge in [0.15, 0.2) is 11.5 Å². The van der Waals surface area contributed by atoms with Crippen molar-refractivity contribution >= 4 is 10.9 Å². The molecule has 124 valence electrons. The lowest BCUT2D eigenvalue weighted by molar-refractivity contribution is 0.288. The molecule has 1 heterocycles. The van der Waals surface area contributed by atoms with E-state index in [1.54, 1.807) is 38.5 Å². The molecular weight excluding hydrogens is 308 g/mol. The average molecular weight is 326 g/mol. The second-order valence-corrected chi connectivity index (χ2v) is 5.07. The normalized spacial score (nSPS) is 10.6. The Hall–Kier alpha value is -3.02. The summed E-state index contributed by atoms with van der Waals surface area (Å²) in [6.07, 6.45) is 0. The first-order valence-electron chi connectivity index (χ1n) is 7.56. The summed E-state index contributed by atoms with van der Waals surface area (Å²) in [6.45, 7) is 2.37. The van der Waals surface area contributed by atoms with Crippen molar-refractivity contribution in [2.45, 2.75) is 6.92 Å². The third kappa shape index (κ3) is 2.78. The molecule has 3 rings (SSSR count). The first-order valence-corrected chi connectivity index (χ1v) is 7.56. The van der Waals surface area contributed by atoms with E-state index in [9.17, 15) is 4.79 Å². The van der Waals surface area contributed by atoms with E-state index in [0.29, 0.717) is 46.1 Å². The van der Waals surface area contributed by atoms with Gasteiger partial charge in [-0.15, -0.1) is 0 Å². The first-order chi connectivity index (χ1) is 11.7. The minimum atomic E-state index is -0.192. The summed E-state index contributed by atoms with van der Waals surface area (Å²) >= 11 is 0. The third-order valence-corrected chi connectivity index (χ3v) is 3.64. The van der Waals surface area contributed by atoms with Crippen LogP contribution in [0.15, 0.2) is 41.2 Å². The lowest BCUT2D eigenvalue weighted by Gasteiger charge is -2.15. The Morgan fingerprint density at radius 2 is 1.75 bits per heavy atom. The standard InChI is InChI=1S/C18H18N2O4/c1-4-24-16-14(22-2)9-11(10-15(16)23-3)17-19-13-8-6-5-7-12(13)18(21)20-17/h5-10H,4H2,1-3H3,(H,19,20,21). The molecule has 1 N–H and O–H groups in total. The van der Waals surface area contributed by atoms with Crippen molar-refractivity contribution < 1.29 is 14.2 Å². The highest BCUT2D eigenvalue weighted by atomic mass is 16.5. The zero-order valence-corrected chi connectivity index (χ0v) is 13.8. The summed E-state index contributed by atoms with van der Waals surface area (Å²) in [4.78, 5) is 19.6. The third-order valence-electron chi connectivity index (χ3n) is 3.64. The molecule has 6 nitrogen and oxygen atoms in total. The summed E-state index contributed by atoms with van der Waals surface area (Å²) in [5, 5.41) is 0.547. The highest BCUT2D eigenvalue weighted by Crippen LogP contribution is 2.40. The number of methoxy groups -OCH3 is 2. The average Bonchev–Trinajstić information content (AvgIpc) is 2.62. The van der Waals surface area contributed by atoms with Gasteiger partial charge in [-0.1, -0.05) is 12.1 Å². The van der Waals surface area contributed by atoms with Gasteiger partial charge in [0, 0.05) is 5.56 Å². The Kier molecular flexibility index (Phi) is 4.37. The minimum absolute atomic E-state index is 0.192. The molecule has 6 heteroatoms. The van der Waals surface area contributed by atoms with Gasteiger partial charge in [0.25, 0.3) is 5.56 Å². The maximum Gasteiger partial charge on any atom is 0.259 e. The monoisotopic (exact) mass is 326 g/mol. The molecule has 0 unspecified atom stereocenters. The van der Waals surface area contributed by atoms with Crippen molar-refractivity contribution in [1.29, 1.82) is 0 Å². The first kappa shape index (κ1) is 15.9. The van der Waals surface area contributed by atoms with E-state index >= 15 is 0 Å². The number of para-hydroxylation sites is 1. The van der Waals surface area contributed by atoms with E-state index < -0.39 is 0 Å². The van der Waals surface area contributed by atoms with E-state index in [1.165, 1.54) is 0 Å². The van der Waals surface area contributed by atoms with Crippen molar-refractivity contribution in [3.63, 3.8) is 0 Å². The fraction of sp³-hybridized carbons (Fsp3) is 0.222. The maximum atomic E-state index is 12.3. The largest absolute Gasteiger partial charge is 0.493 e. The van der Waals surface area contributed by atoms with Gasteiger partial charge in [0.2, 0.25) is 5.75 Å². The fourth-order valence-corrected chi connectivity index (χ4v) is 2.53. The topological polar surface area (TPSA) is 73.4 Å². The van der Waals surface area contributed by atoms with Crippen LogP contribution in [0.3, 0.4) is 0 Å². The number of fused-ring (bicyclic) bond motifs is 1. The van der Waals surface area contributed by atoms with Crippen LogP contribution in [0.25, 0.3) is 22.3 Å². The second kappa shape index (κ2) is 6.62. The van der Waals surface area contributed by atoms with Crippen LogP contribution in [-0.2, 0) is 0 Å². The number of rotatable bonds is 5. The van der Waals surface area contributed by atoms with Gasteiger partial charge < -0.3 is 19.2 Å². The van der Waals surface area contributed by atoms with Crippen LogP contribution >= 0.6 is 0 Å². The molecule has 0 spiro atoms. The number of aromatic nitrogens is 2. The van der Waals surface area contributed by atoms with Gasteiger partial charge in [-0.2, -0.15) is 0 Å². The molecule has 0 saturated heterocycles. The Labute approximate surface area is 139 Å². The summed E-state index contributed by atoms with van der Waals surface area (Å²) in [6, 6.07) is 10.7. The molecule has 3 aromatic rings. The van der Waals surface area contributed by atoms with Crippen molar-refractivity contribution in [1.82, 2.24) is 9.97 Å². The van der Waals surface area contributed by atoms with Gasteiger partial charge >= 0.3 is 0 Å². The lowest BCUT2D eigenvalue weighted by atomic mass is 10.1. The number of nitrogens with one attached hydrogen (secondary N) is 1. The van der Waals surface area contributed by atoms with Crippen LogP contribution in [-0.4, -0.2) is 30.8 Å². The number of nitrogens with zero attached hydrogens (tertiary/aromatic N) is 1. The summed E-state index contributed by atoms with van der Waals surface area (Å²) in [7, 11) is 3.11. The Balaban J connectivity index is 2.21. The van der Waals surface area contributed by atoms with Gasteiger partial charge in [0.1, 0.15) is 5.82 Å². The Bertz CT molecular complexity index is 909. The van der Waals surface area contributed by atoms with Gasteiger partial charge in [-0.25, -0.2) is 4.98 Å². The highest BCUT2D eigenvalue weighted by molar-refractivity contribution is 5.79. The number of hydrogen-bond acceptors (Lipinski definition) is 5. The number of ether oxygens (including phenoxy) is 3. The lowest BCUT2D eigenvalue weighted by Crippen LogP contribution is -2.09. The van der Waals surface area contributed by atoms with Crippen molar-refractivity contribution in [3.05, 3.63) is 46.8 Å². The predicted octanol–water partition coefficient (Wildman–Crippen LogP) is 3.01. The van der Waals surface area contributed by atoms with E-state index in [4.69, 9.17) is 14.2 Å². The second-order valence-electron chi connectivity index (χ2n) is 5.07. The molecule has 0 aliphatic carbocycles. The van der Waals surface area contributed by atoms with Crippen LogP contribution in [0.2, 0.25) is 0 Å². The number of H-pyrrole nitrogens is 1. The summed E-state index contributed by atoms with van der Waals surface area (Å²) in [5.41, 5.74) is 1.11. The van der Waals surface area contributed by atoms with Crippen LogP contribution in [0.1, 0.15) is 6.92 Å². The number of benzene rings is 2. The maximum absolute atomic E-state index is 12.3. The fourth-order valence-electron chi connectivity index (χ4n) is 2.53. The number of aromatic amines is 1. The Morgan fingerprint density at radius 1 is 1.08 bits per heavy atom. The molecule has 0 aliphatic rings. The van der Waals surface area contributed by atoms with Crippen LogP contribution in [0.5, 0.6) is 17.2 Å². The molecule has 0 radical (unpaired) electrons. The van der Waals surface area contributed by atoms with Crippen LogP contribution in [0, 0.1) is 0 Å². The van der Waals surface area contributed by atoms with Crippen molar-refractivity contribution in [3.8, 4) is 28.6 Å². The molecule has 0 saturated carbocycles. The van der Waals surface area contributed by atoms with E-state index in [0.717, 1.165) is 0 Å². The molecule has 1 aromatic heterocycles. The van der Waals surface area contributed by atoms with Crippen molar-refractivity contribution in [2.24, 2.45) is 0 Å². The summed E-state index contributed by atoms with van der Waals surface area (Å²) < 4.78 is 16.4. The minimum Gasteiger partial charge on any atom is -0.493 e. The Morgan fingerprint density at radius 3 is 2.38 bits per heavy atom. The van der Waals surface area contributed by atoms with E-state index in [1.807, 2.05) is 19.1 Å².